The van der Waals surface area contributed by atoms with Crippen LogP contribution >= 0.6 is 19.4 Å². The number of hydrogen-bond acceptors (Lipinski definition) is 7. The molecule has 0 fully saturated rings. The second-order valence-corrected chi connectivity index (χ2v) is 10.2. The highest BCUT2D eigenvalue weighted by Crippen LogP contribution is 2.38. The quantitative estimate of drug-likeness (QED) is 0.268. The van der Waals surface area contributed by atoms with E-state index in [1.807, 2.05) is 20.1 Å². The van der Waals surface area contributed by atoms with E-state index in [0.29, 0.717) is 11.3 Å². The summed E-state index contributed by atoms with van der Waals surface area (Å²) < 4.78 is 21.7. The number of carbonyl (C=O) groups is 1. The van der Waals surface area contributed by atoms with E-state index < -0.39 is 19.7 Å². The van der Waals surface area contributed by atoms with E-state index in [0.717, 1.165) is 23.5 Å². The molecule has 0 unspecified atom stereocenters. The molecule has 0 saturated heterocycles. The molecule has 8 nitrogen and oxygen atoms in total. The van der Waals surface area contributed by atoms with Crippen LogP contribution in [0.25, 0.3) is 0 Å². The first-order valence-electron chi connectivity index (χ1n) is 9.99. The van der Waals surface area contributed by atoms with E-state index in [4.69, 9.17) is 9.26 Å². The summed E-state index contributed by atoms with van der Waals surface area (Å²) in [4.78, 5) is 23.3. The normalized spacial score (nSPS) is 15.3. The Bertz CT molecular complexity index is 984. The van der Waals surface area contributed by atoms with Crippen molar-refractivity contribution in [1.29, 1.82) is 0 Å². The average molecular weight is 480 g/mol. The van der Waals surface area contributed by atoms with Crippen LogP contribution in [0.15, 0.2) is 51.5 Å². The molecular formula is C22H30N3O5PS. The number of azo groups is 1. The first kappa shape index (κ1) is 26.2. The monoisotopic (exact) mass is 479 g/mol. The summed E-state index contributed by atoms with van der Waals surface area (Å²) in [5, 5.41) is 11.5. The Kier molecular flexibility index (Phi) is 9.61. The molecule has 0 aliphatic carbocycles. The summed E-state index contributed by atoms with van der Waals surface area (Å²) in [6.07, 6.45) is 1.32. The SMILES string of the molecule is COC[C@H](NC(=O)c1ccc(/N=N/c2c(C)cc(SC)cc2C)cc1)[C@H](C)O[P@](C)(=O)O. The maximum Gasteiger partial charge on any atom is 0.325 e. The van der Waals surface area contributed by atoms with Crippen molar-refractivity contribution in [1.82, 2.24) is 5.32 Å². The van der Waals surface area contributed by atoms with Gasteiger partial charge in [0.2, 0.25) is 0 Å². The maximum absolute atomic E-state index is 12.6. The van der Waals surface area contributed by atoms with Crippen molar-refractivity contribution >= 4 is 36.6 Å². The highest BCUT2D eigenvalue weighted by Gasteiger charge is 2.26. The smallest absolute Gasteiger partial charge is 0.325 e. The van der Waals surface area contributed by atoms with Gasteiger partial charge in [0.15, 0.2) is 0 Å². The molecule has 174 valence electrons. The molecule has 0 aliphatic heterocycles. The number of hydrogen-bond donors (Lipinski definition) is 2. The zero-order valence-electron chi connectivity index (χ0n) is 19.2. The topological polar surface area (TPSA) is 110 Å². The molecule has 32 heavy (non-hydrogen) atoms. The van der Waals surface area contributed by atoms with Gasteiger partial charge in [0.1, 0.15) is 0 Å². The zero-order valence-corrected chi connectivity index (χ0v) is 20.9. The number of nitrogens with zero attached hydrogens (tertiary/aromatic N) is 2. The van der Waals surface area contributed by atoms with Gasteiger partial charge in [0, 0.05) is 24.2 Å². The number of thioether (sulfide) groups is 1. The molecule has 0 spiro atoms. The predicted molar refractivity (Wildman–Crippen MR) is 128 cm³/mol. The standard InChI is InChI=1S/C22H30N3O5PS/c1-14-11-19(32-6)12-15(2)21(14)25-24-18-9-7-17(8-10-18)22(26)23-20(13-29-4)16(3)30-31(5,27)28/h7-12,16,20H,13H2,1-6H3,(H,23,26)(H,27,28)/b25-24+/t16-,20-/m0/s1. The highest BCUT2D eigenvalue weighted by molar-refractivity contribution is 7.98. The van der Waals surface area contributed by atoms with Gasteiger partial charge in [-0.05, 0) is 74.6 Å². The van der Waals surface area contributed by atoms with E-state index in [1.54, 1.807) is 43.0 Å². The fourth-order valence-corrected chi connectivity index (χ4v) is 4.44. The summed E-state index contributed by atoms with van der Waals surface area (Å²) in [5.41, 5.74) is 3.96. The van der Waals surface area contributed by atoms with Crippen LogP contribution in [0.2, 0.25) is 0 Å². The minimum atomic E-state index is -3.70. The first-order chi connectivity index (χ1) is 15.0. The predicted octanol–water partition coefficient (Wildman–Crippen LogP) is 5.41. The van der Waals surface area contributed by atoms with Gasteiger partial charge in [-0.25, -0.2) is 0 Å². The van der Waals surface area contributed by atoms with Crippen LogP contribution in [-0.4, -0.2) is 49.6 Å². The lowest BCUT2D eigenvalue weighted by molar-refractivity contribution is 0.0702. The molecule has 1 amide bonds. The summed E-state index contributed by atoms with van der Waals surface area (Å²) in [6, 6.07) is 10.3. The van der Waals surface area contributed by atoms with Gasteiger partial charge in [-0.3, -0.25) is 9.36 Å². The van der Waals surface area contributed by atoms with E-state index in [1.165, 1.54) is 12.0 Å². The third kappa shape index (κ3) is 7.83. The minimum absolute atomic E-state index is 0.132. The Labute approximate surface area is 193 Å². The molecule has 0 heterocycles. The Morgan fingerprint density at radius 3 is 2.28 bits per heavy atom. The van der Waals surface area contributed by atoms with E-state index >= 15 is 0 Å². The van der Waals surface area contributed by atoms with Crippen LogP contribution in [0.3, 0.4) is 0 Å². The molecule has 2 rings (SSSR count). The van der Waals surface area contributed by atoms with E-state index in [2.05, 4.69) is 27.7 Å². The molecule has 3 atom stereocenters. The number of amides is 1. The third-order valence-corrected chi connectivity index (χ3v) is 6.12. The second kappa shape index (κ2) is 11.7. The minimum Gasteiger partial charge on any atom is -0.382 e. The fraction of sp³-hybridized carbons (Fsp3) is 0.409. The number of carbonyl (C=O) groups excluding carboxylic acids is 1. The van der Waals surface area contributed by atoms with Crippen molar-refractivity contribution in [2.45, 2.75) is 37.8 Å². The summed E-state index contributed by atoms with van der Waals surface area (Å²) in [7, 11) is -2.22. The second-order valence-electron chi connectivity index (χ2n) is 7.51. The molecule has 2 aromatic rings. The largest absolute Gasteiger partial charge is 0.382 e. The van der Waals surface area contributed by atoms with Crippen LogP contribution in [0.4, 0.5) is 11.4 Å². The van der Waals surface area contributed by atoms with Gasteiger partial charge >= 0.3 is 7.60 Å². The average Bonchev–Trinajstić information content (AvgIpc) is 2.71. The maximum atomic E-state index is 12.6. The van der Waals surface area contributed by atoms with Gasteiger partial charge in [0.25, 0.3) is 5.91 Å². The van der Waals surface area contributed by atoms with E-state index in [-0.39, 0.29) is 12.5 Å². The highest BCUT2D eigenvalue weighted by atomic mass is 32.2. The Hall–Kier alpha value is -2.03. The van der Waals surface area contributed by atoms with Crippen molar-refractivity contribution in [3.8, 4) is 0 Å². The fourth-order valence-electron chi connectivity index (χ4n) is 3.09. The summed E-state index contributed by atoms with van der Waals surface area (Å²) in [5.74, 6) is -0.353. The molecule has 0 radical (unpaired) electrons. The molecular weight excluding hydrogens is 449 g/mol. The Morgan fingerprint density at radius 1 is 1.19 bits per heavy atom. The van der Waals surface area contributed by atoms with Gasteiger partial charge in [0.05, 0.1) is 30.1 Å². The molecule has 2 aromatic carbocycles. The first-order valence-corrected chi connectivity index (χ1v) is 13.2. The molecule has 0 aliphatic rings. The molecule has 0 bridgehead atoms. The van der Waals surface area contributed by atoms with Crippen LogP contribution in [0.1, 0.15) is 28.4 Å². The lowest BCUT2D eigenvalue weighted by Crippen LogP contribution is -2.45. The lowest BCUT2D eigenvalue weighted by atomic mass is 10.1. The number of benzene rings is 2. The molecule has 0 aromatic heterocycles. The molecule has 0 saturated carbocycles. The molecule has 10 heteroatoms. The molecule has 2 N–H and O–H groups in total. The van der Waals surface area contributed by atoms with Crippen molar-refractivity contribution in [3.63, 3.8) is 0 Å². The lowest BCUT2D eigenvalue weighted by Gasteiger charge is -2.25. The summed E-state index contributed by atoms with van der Waals surface area (Å²) in [6.45, 7) is 6.85. The van der Waals surface area contributed by atoms with Crippen molar-refractivity contribution in [3.05, 3.63) is 53.1 Å². The number of rotatable bonds is 10. The van der Waals surface area contributed by atoms with Gasteiger partial charge in [-0.15, -0.1) is 11.8 Å². The van der Waals surface area contributed by atoms with Gasteiger partial charge < -0.3 is 19.5 Å². The van der Waals surface area contributed by atoms with E-state index in [9.17, 15) is 14.3 Å². The van der Waals surface area contributed by atoms with Crippen LogP contribution in [-0.2, 0) is 13.8 Å². The van der Waals surface area contributed by atoms with Gasteiger partial charge in [-0.2, -0.15) is 10.2 Å². The zero-order chi connectivity index (χ0) is 23.9. The van der Waals surface area contributed by atoms with Gasteiger partial charge in [-0.1, -0.05) is 0 Å². The summed E-state index contributed by atoms with van der Waals surface area (Å²) >= 11 is 1.68. The van der Waals surface area contributed by atoms with Crippen LogP contribution in [0.5, 0.6) is 0 Å². The van der Waals surface area contributed by atoms with Crippen molar-refractivity contribution in [2.24, 2.45) is 10.2 Å². The number of methoxy groups -OCH3 is 1. The third-order valence-electron chi connectivity index (χ3n) is 4.69. The van der Waals surface area contributed by atoms with Crippen molar-refractivity contribution in [2.75, 3.05) is 26.6 Å². The van der Waals surface area contributed by atoms with Crippen LogP contribution < -0.4 is 5.32 Å². The number of nitrogens with one attached hydrogen (secondary N) is 1. The number of aryl methyl sites for hydroxylation is 2. The van der Waals surface area contributed by atoms with Crippen LogP contribution in [0, 0.1) is 13.8 Å². The van der Waals surface area contributed by atoms with Crippen molar-refractivity contribution < 1.29 is 23.5 Å². The Balaban J connectivity index is 2.10. The number of ether oxygens (including phenoxy) is 1. The Morgan fingerprint density at radius 2 is 1.78 bits per heavy atom.